The standard InChI is InChI=1S/C24H20ClFN2O2/c1-15-4-2-5-18(12-15)24(30)28-11-3-6-16-13-17(7-10-22(16)28)23(29)27-19-8-9-21(26)20(25)14-19/h2,4-5,7-10,12-14H,3,6,11H2,1H3,(H,27,29). The second-order valence-corrected chi connectivity index (χ2v) is 7.76. The largest absolute Gasteiger partial charge is 0.322 e. The number of carbonyl (C=O) groups excluding carboxylic acids is 2. The Labute approximate surface area is 179 Å². The Morgan fingerprint density at radius 2 is 1.87 bits per heavy atom. The molecule has 0 unspecified atom stereocenters. The van der Waals surface area contributed by atoms with Crippen LogP contribution in [0.15, 0.2) is 60.7 Å². The monoisotopic (exact) mass is 422 g/mol. The molecule has 0 bridgehead atoms. The maximum atomic E-state index is 13.3. The molecule has 0 spiro atoms. The normalized spacial score (nSPS) is 13.0. The Bertz CT molecular complexity index is 1150. The lowest BCUT2D eigenvalue weighted by Crippen LogP contribution is -2.35. The fourth-order valence-electron chi connectivity index (χ4n) is 3.66. The molecule has 1 aliphatic rings. The van der Waals surface area contributed by atoms with Gasteiger partial charge >= 0.3 is 0 Å². The SMILES string of the molecule is Cc1cccc(C(=O)N2CCCc3cc(C(=O)Nc4ccc(F)c(Cl)c4)ccc32)c1. The molecule has 0 aliphatic carbocycles. The average Bonchev–Trinajstić information content (AvgIpc) is 2.75. The maximum absolute atomic E-state index is 13.3. The summed E-state index contributed by atoms with van der Waals surface area (Å²) in [4.78, 5) is 27.5. The first-order chi connectivity index (χ1) is 14.4. The van der Waals surface area contributed by atoms with Gasteiger partial charge in [-0.1, -0.05) is 29.3 Å². The van der Waals surface area contributed by atoms with E-state index in [1.165, 1.54) is 18.2 Å². The van der Waals surface area contributed by atoms with E-state index >= 15 is 0 Å². The Kier molecular flexibility index (Phi) is 5.55. The van der Waals surface area contributed by atoms with Crippen molar-refractivity contribution in [1.82, 2.24) is 0 Å². The van der Waals surface area contributed by atoms with E-state index in [1.54, 1.807) is 11.0 Å². The number of fused-ring (bicyclic) bond motifs is 1. The number of nitrogens with zero attached hydrogens (tertiary/aromatic N) is 1. The zero-order chi connectivity index (χ0) is 21.3. The summed E-state index contributed by atoms with van der Waals surface area (Å²) in [6, 6.07) is 16.9. The van der Waals surface area contributed by atoms with Crippen LogP contribution < -0.4 is 10.2 Å². The van der Waals surface area contributed by atoms with Crippen LogP contribution in [0.5, 0.6) is 0 Å². The van der Waals surface area contributed by atoms with E-state index in [2.05, 4.69) is 5.32 Å². The highest BCUT2D eigenvalue weighted by molar-refractivity contribution is 6.31. The van der Waals surface area contributed by atoms with Crippen molar-refractivity contribution in [3.8, 4) is 0 Å². The number of nitrogens with one attached hydrogen (secondary N) is 1. The van der Waals surface area contributed by atoms with Crippen LogP contribution in [-0.4, -0.2) is 18.4 Å². The molecule has 0 saturated heterocycles. The topological polar surface area (TPSA) is 49.4 Å². The van der Waals surface area contributed by atoms with Gasteiger partial charge in [-0.3, -0.25) is 9.59 Å². The number of halogens is 2. The Morgan fingerprint density at radius 1 is 1.03 bits per heavy atom. The Hall–Kier alpha value is -3.18. The highest BCUT2D eigenvalue weighted by Gasteiger charge is 2.24. The van der Waals surface area contributed by atoms with Crippen molar-refractivity contribution in [2.24, 2.45) is 0 Å². The highest BCUT2D eigenvalue weighted by Crippen LogP contribution is 2.30. The van der Waals surface area contributed by atoms with Gasteiger partial charge in [0, 0.05) is 29.0 Å². The average molecular weight is 423 g/mol. The van der Waals surface area contributed by atoms with Gasteiger partial charge in [0.15, 0.2) is 0 Å². The van der Waals surface area contributed by atoms with Crippen LogP contribution in [0.4, 0.5) is 15.8 Å². The predicted molar refractivity (Wildman–Crippen MR) is 117 cm³/mol. The van der Waals surface area contributed by atoms with E-state index in [0.29, 0.717) is 23.4 Å². The molecule has 0 aromatic heterocycles. The third kappa shape index (κ3) is 4.07. The molecule has 30 heavy (non-hydrogen) atoms. The first-order valence-electron chi connectivity index (χ1n) is 9.70. The molecule has 2 amide bonds. The maximum Gasteiger partial charge on any atom is 0.258 e. The molecule has 3 aromatic rings. The third-order valence-corrected chi connectivity index (χ3v) is 5.44. The molecule has 0 saturated carbocycles. The predicted octanol–water partition coefficient (Wildman–Crippen LogP) is 5.63. The number of hydrogen-bond donors (Lipinski definition) is 1. The minimum Gasteiger partial charge on any atom is -0.322 e. The number of anilines is 2. The molecule has 4 nitrogen and oxygen atoms in total. The molecule has 1 aliphatic heterocycles. The van der Waals surface area contributed by atoms with E-state index in [4.69, 9.17) is 11.6 Å². The molecule has 1 heterocycles. The molecule has 1 N–H and O–H groups in total. The van der Waals surface area contributed by atoms with Gasteiger partial charge in [0.05, 0.1) is 5.02 Å². The summed E-state index contributed by atoms with van der Waals surface area (Å²) in [7, 11) is 0. The van der Waals surface area contributed by atoms with Crippen LogP contribution in [-0.2, 0) is 6.42 Å². The summed E-state index contributed by atoms with van der Waals surface area (Å²) >= 11 is 5.78. The quantitative estimate of drug-likeness (QED) is 0.594. The van der Waals surface area contributed by atoms with Gasteiger partial charge in [0.25, 0.3) is 11.8 Å². The van der Waals surface area contributed by atoms with E-state index in [1.807, 2.05) is 43.3 Å². The van der Waals surface area contributed by atoms with E-state index in [0.717, 1.165) is 29.7 Å². The van der Waals surface area contributed by atoms with Crippen molar-refractivity contribution in [1.29, 1.82) is 0 Å². The van der Waals surface area contributed by atoms with Crippen molar-refractivity contribution in [3.05, 3.63) is 93.8 Å². The van der Waals surface area contributed by atoms with Gasteiger partial charge in [0.2, 0.25) is 0 Å². The van der Waals surface area contributed by atoms with Gasteiger partial charge in [0.1, 0.15) is 5.82 Å². The Balaban J connectivity index is 1.57. The van der Waals surface area contributed by atoms with Gasteiger partial charge in [-0.05, 0) is 73.9 Å². The van der Waals surface area contributed by atoms with E-state index in [9.17, 15) is 14.0 Å². The number of hydrogen-bond acceptors (Lipinski definition) is 2. The summed E-state index contributed by atoms with van der Waals surface area (Å²) in [5, 5.41) is 2.68. The van der Waals surface area contributed by atoms with Crippen LogP contribution in [0.2, 0.25) is 5.02 Å². The van der Waals surface area contributed by atoms with Crippen LogP contribution in [0.25, 0.3) is 0 Å². The molecule has 6 heteroatoms. The van der Waals surface area contributed by atoms with Gasteiger partial charge in [-0.25, -0.2) is 4.39 Å². The second-order valence-electron chi connectivity index (χ2n) is 7.36. The van der Waals surface area contributed by atoms with Crippen LogP contribution in [0, 0.1) is 12.7 Å². The minimum absolute atomic E-state index is 0.0437. The molecule has 0 radical (unpaired) electrons. The van der Waals surface area contributed by atoms with Crippen LogP contribution >= 0.6 is 11.6 Å². The summed E-state index contributed by atoms with van der Waals surface area (Å²) < 4.78 is 13.3. The molecule has 4 rings (SSSR count). The number of aryl methyl sites for hydroxylation is 2. The smallest absolute Gasteiger partial charge is 0.258 e. The molecule has 152 valence electrons. The van der Waals surface area contributed by atoms with Crippen molar-refractivity contribution in [3.63, 3.8) is 0 Å². The zero-order valence-corrected chi connectivity index (χ0v) is 17.2. The fourth-order valence-corrected chi connectivity index (χ4v) is 3.84. The zero-order valence-electron chi connectivity index (χ0n) is 16.4. The molecule has 0 fully saturated rings. The van der Waals surface area contributed by atoms with Crippen molar-refractivity contribution < 1.29 is 14.0 Å². The van der Waals surface area contributed by atoms with Crippen molar-refractivity contribution in [2.75, 3.05) is 16.8 Å². The van der Waals surface area contributed by atoms with E-state index < -0.39 is 5.82 Å². The van der Waals surface area contributed by atoms with Gasteiger partial charge in [-0.2, -0.15) is 0 Å². The molecular formula is C24H20ClFN2O2. The van der Waals surface area contributed by atoms with Crippen molar-refractivity contribution in [2.45, 2.75) is 19.8 Å². The minimum atomic E-state index is -0.540. The molecule has 3 aromatic carbocycles. The number of rotatable bonds is 3. The Morgan fingerprint density at radius 3 is 2.63 bits per heavy atom. The first kappa shape index (κ1) is 20.1. The van der Waals surface area contributed by atoms with Crippen LogP contribution in [0.1, 0.15) is 38.3 Å². The number of amides is 2. The van der Waals surface area contributed by atoms with E-state index in [-0.39, 0.29) is 16.8 Å². The lowest BCUT2D eigenvalue weighted by molar-refractivity contribution is 0.0984. The third-order valence-electron chi connectivity index (χ3n) is 5.15. The summed E-state index contributed by atoms with van der Waals surface area (Å²) in [6.45, 7) is 2.60. The highest BCUT2D eigenvalue weighted by atomic mass is 35.5. The van der Waals surface area contributed by atoms with Crippen LogP contribution in [0.3, 0.4) is 0 Å². The summed E-state index contributed by atoms with van der Waals surface area (Å²) in [6.07, 6.45) is 1.61. The lowest BCUT2D eigenvalue weighted by Gasteiger charge is -2.30. The van der Waals surface area contributed by atoms with Gasteiger partial charge in [-0.15, -0.1) is 0 Å². The lowest BCUT2D eigenvalue weighted by atomic mass is 9.98. The number of benzene rings is 3. The summed E-state index contributed by atoms with van der Waals surface area (Å²) in [5.74, 6) is -0.901. The van der Waals surface area contributed by atoms with Crippen molar-refractivity contribution >= 4 is 34.8 Å². The molecule has 0 atom stereocenters. The van der Waals surface area contributed by atoms with Gasteiger partial charge < -0.3 is 10.2 Å². The fraction of sp³-hybridized carbons (Fsp3) is 0.167. The number of carbonyl (C=O) groups is 2. The molecular weight excluding hydrogens is 403 g/mol. The first-order valence-corrected chi connectivity index (χ1v) is 10.1. The summed E-state index contributed by atoms with van der Waals surface area (Å²) in [5.41, 5.74) is 4.35. The second kappa shape index (κ2) is 8.28.